The van der Waals surface area contributed by atoms with E-state index in [0.29, 0.717) is 30.2 Å². The molecule has 2 atom stereocenters. The van der Waals surface area contributed by atoms with Crippen LogP contribution in [-0.4, -0.2) is 49.9 Å². The lowest BCUT2D eigenvalue weighted by Crippen LogP contribution is -2.39. The first-order valence-corrected chi connectivity index (χ1v) is 8.94. The van der Waals surface area contributed by atoms with Crippen LogP contribution in [0.1, 0.15) is 30.0 Å². The number of carboxylic acids is 1. The normalized spacial score (nSPS) is 18.1. The van der Waals surface area contributed by atoms with E-state index in [1.54, 1.807) is 21.3 Å². The molecule has 3 rings (SSSR count). The molecule has 1 aliphatic heterocycles. The average molecular weight is 371 g/mol. The van der Waals surface area contributed by atoms with Crippen LogP contribution in [0.3, 0.4) is 0 Å². The molecule has 27 heavy (non-hydrogen) atoms. The van der Waals surface area contributed by atoms with Gasteiger partial charge in [0.25, 0.3) is 0 Å². The zero-order chi connectivity index (χ0) is 19.4. The fourth-order valence-electron chi connectivity index (χ4n) is 3.91. The number of benzene rings is 2. The Labute approximate surface area is 159 Å². The van der Waals surface area contributed by atoms with Gasteiger partial charge in [0, 0.05) is 17.7 Å². The number of nitrogens with zero attached hydrogens (tertiary/aromatic N) is 1. The van der Waals surface area contributed by atoms with Crippen LogP contribution in [0.4, 0.5) is 0 Å². The minimum absolute atomic E-state index is 0.324. The van der Waals surface area contributed by atoms with Crippen molar-refractivity contribution < 1.29 is 24.1 Å². The zero-order valence-corrected chi connectivity index (χ0v) is 15.8. The number of carboxylic acid groups (broad SMARTS) is 1. The van der Waals surface area contributed by atoms with Gasteiger partial charge in [0.2, 0.25) is 0 Å². The van der Waals surface area contributed by atoms with Gasteiger partial charge in [0.1, 0.15) is 11.8 Å². The number of rotatable bonds is 7. The first-order valence-electron chi connectivity index (χ1n) is 8.94. The highest BCUT2D eigenvalue weighted by Crippen LogP contribution is 2.44. The van der Waals surface area contributed by atoms with Crippen LogP contribution in [0.2, 0.25) is 0 Å². The summed E-state index contributed by atoms with van der Waals surface area (Å²) in [6.07, 6.45) is 1.45. The van der Waals surface area contributed by atoms with E-state index >= 15 is 0 Å². The summed E-state index contributed by atoms with van der Waals surface area (Å²) in [5.41, 5.74) is 1.76. The third-order valence-corrected chi connectivity index (χ3v) is 5.07. The molecule has 1 aliphatic rings. The van der Waals surface area contributed by atoms with Crippen LogP contribution in [-0.2, 0) is 4.79 Å². The fraction of sp³-hybridized carbons (Fsp3) is 0.381. The Morgan fingerprint density at radius 3 is 2.33 bits per heavy atom. The Morgan fingerprint density at radius 2 is 1.67 bits per heavy atom. The zero-order valence-electron chi connectivity index (χ0n) is 15.8. The largest absolute Gasteiger partial charge is 0.496 e. The van der Waals surface area contributed by atoms with Gasteiger partial charge in [-0.25, -0.2) is 0 Å². The summed E-state index contributed by atoms with van der Waals surface area (Å²) in [5, 5.41) is 9.75. The van der Waals surface area contributed by atoms with Gasteiger partial charge in [-0.15, -0.1) is 0 Å². The maximum atomic E-state index is 11.9. The van der Waals surface area contributed by atoms with E-state index in [-0.39, 0.29) is 6.04 Å². The van der Waals surface area contributed by atoms with Crippen LogP contribution in [0.25, 0.3) is 0 Å². The lowest BCUT2D eigenvalue weighted by atomic mass is 9.94. The van der Waals surface area contributed by atoms with E-state index in [0.717, 1.165) is 17.5 Å². The number of methoxy groups -OCH3 is 3. The van der Waals surface area contributed by atoms with E-state index in [2.05, 4.69) is 0 Å². The minimum Gasteiger partial charge on any atom is -0.496 e. The van der Waals surface area contributed by atoms with Crippen LogP contribution in [0.15, 0.2) is 42.5 Å². The molecule has 2 aromatic carbocycles. The standard InChI is InChI=1S/C21H25NO5/c1-25-17-11-5-4-8-14(17)19(22-13-7-10-16(22)21(23)24)15-9-6-12-18(26-2)20(15)27-3/h4-6,8-9,11-12,16,19H,7,10,13H2,1-3H3,(H,23,24). The Kier molecular flexibility index (Phi) is 5.86. The third-order valence-electron chi connectivity index (χ3n) is 5.07. The van der Waals surface area contributed by atoms with E-state index < -0.39 is 12.0 Å². The fourth-order valence-corrected chi connectivity index (χ4v) is 3.91. The van der Waals surface area contributed by atoms with Gasteiger partial charge in [-0.3, -0.25) is 9.69 Å². The summed E-state index contributed by atoms with van der Waals surface area (Å²) in [7, 11) is 4.81. The topological polar surface area (TPSA) is 68.2 Å². The van der Waals surface area contributed by atoms with Crippen LogP contribution >= 0.6 is 0 Å². The van der Waals surface area contributed by atoms with Crippen molar-refractivity contribution in [2.75, 3.05) is 27.9 Å². The molecule has 6 heteroatoms. The van der Waals surface area contributed by atoms with E-state index in [1.807, 2.05) is 47.4 Å². The van der Waals surface area contributed by atoms with E-state index in [9.17, 15) is 9.90 Å². The summed E-state index contributed by atoms with van der Waals surface area (Å²) < 4.78 is 16.7. The highest BCUT2D eigenvalue weighted by molar-refractivity contribution is 5.74. The SMILES string of the molecule is COc1ccccc1C(c1cccc(OC)c1OC)N1CCCC1C(=O)O. The number of aliphatic carboxylic acids is 1. The van der Waals surface area contributed by atoms with Gasteiger partial charge in [-0.05, 0) is 25.0 Å². The van der Waals surface area contributed by atoms with Gasteiger partial charge in [0.05, 0.1) is 27.4 Å². The van der Waals surface area contributed by atoms with Crippen molar-refractivity contribution in [3.63, 3.8) is 0 Å². The molecule has 0 aromatic heterocycles. The lowest BCUT2D eigenvalue weighted by molar-refractivity contribution is -0.142. The molecule has 1 saturated heterocycles. The van der Waals surface area contributed by atoms with E-state index in [1.165, 1.54) is 0 Å². The van der Waals surface area contributed by atoms with Crippen LogP contribution in [0, 0.1) is 0 Å². The molecular formula is C21H25NO5. The predicted octanol–water partition coefficient (Wildman–Crippen LogP) is 3.35. The van der Waals surface area contributed by atoms with Crippen LogP contribution in [0.5, 0.6) is 17.2 Å². The van der Waals surface area contributed by atoms with Crippen molar-refractivity contribution in [2.45, 2.75) is 24.9 Å². The maximum Gasteiger partial charge on any atom is 0.320 e. The molecule has 0 spiro atoms. The van der Waals surface area contributed by atoms with Gasteiger partial charge >= 0.3 is 5.97 Å². The third kappa shape index (κ3) is 3.57. The molecule has 1 N–H and O–H groups in total. The van der Waals surface area contributed by atoms with Gasteiger partial charge in [-0.1, -0.05) is 30.3 Å². The summed E-state index contributed by atoms with van der Waals surface area (Å²) in [4.78, 5) is 13.9. The number of hydrogen-bond acceptors (Lipinski definition) is 5. The van der Waals surface area contributed by atoms with Gasteiger partial charge in [-0.2, -0.15) is 0 Å². The van der Waals surface area contributed by atoms with Gasteiger partial charge in [0.15, 0.2) is 11.5 Å². The molecule has 2 aromatic rings. The maximum absolute atomic E-state index is 11.9. The lowest BCUT2D eigenvalue weighted by Gasteiger charge is -2.33. The molecule has 0 radical (unpaired) electrons. The first kappa shape index (κ1) is 19.0. The van der Waals surface area contributed by atoms with Crippen molar-refractivity contribution in [1.29, 1.82) is 0 Å². The second-order valence-electron chi connectivity index (χ2n) is 6.46. The number of likely N-dealkylation sites (tertiary alicyclic amines) is 1. The molecular weight excluding hydrogens is 346 g/mol. The van der Waals surface area contributed by atoms with Crippen molar-refractivity contribution in [1.82, 2.24) is 4.90 Å². The molecule has 2 unspecified atom stereocenters. The number of ether oxygens (including phenoxy) is 3. The molecule has 144 valence electrons. The number of carbonyl (C=O) groups is 1. The molecule has 6 nitrogen and oxygen atoms in total. The summed E-state index contributed by atoms with van der Waals surface area (Å²) in [6, 6.07) is 12.5. The van der Waals surface area contributed by atoms with Crippen molar-refractivity contribution in [2.24, 2.45) is 0 Å². The average Bonchev–Trinajstić information content (AvgIpc) is 3.18. The Hall–Kier alpha value is -2.73. The molecule has 0 amide bonds. The number of para-hydroxylation sites is 2. The van der Waals surface area contributed by atoms with Crippen molar-refractivity contribution in [3.05, 3.63) is 53.6 Å². The minimum atomic E-state index is -0.811. The first-order chi connectivity index (χ1) is 13.1. The van der Waals surface area contributed by atoms with E-state index in [4.69, 9.17) is 14.2 Å². The Balaban J connectivity index is 2.21. The molecule has 0 saturated carbocycles. The molecule has 1 fully saturated rings. The highest BCUT2D eigenvalue weighted by atomic mass is 16.5. The highest BCUT2D eigenvalue weighted by Gasteiger charge is 2.39. The molecule has 1 heterocycles. The predicted molar refractivity (Wildman–Crippen MR) is 102 cm³/mol. The van der Waals surface area contributed by atoms with Gasteiger partial charge < -0.3 is 19.3 Å². The Morgan fingerprint density at radius 1 is 1.00 bits per heavy atom. The molecule has 0 bridgehead atoms. The van der Waals surface area contributed by atoms with Crippen molar-refractivity contribution in [3.8, 4) is 17.2 Å². The quantitative estimate of drug-likeness (QED) is 0.805. The van der Waals surface area contributed by atoms with Crippen LogP contribution < -0.4 is 14.2 Å². The smallest absolute Gasteiger partial charge is 0.320 e. The summed E-state index contributed by atoms with van der Waals surface area (Å²) >= 11 is 0. The summed E-state index contributed by atoms with van der Waals surface area (Å²) in [5.74, 6) is 1.12. The molecule has 0 aliphatic carbocycles. The summed E-state index contributed by atoms with van der Waals surface area (Å²) in [6.45, 7) is 0.681. The second-order valence-corrected chi connectivity index (χ2v) is 6.46. The Bertz CT molecular complexity index is 807. The van der Waals surface area contributed by atoms with Crippen molar-refractivity contribution >= 4 is 5.97 Å². The number of hydrogen-bond donors (Lipinski definition) is 1. The monoisotopic (exact) mass is 371 g/mol. The second kappa shape index (κ2) is 8.31.